The summed E-state index contributed by atoms with van der Waals surface area (Å²) in [6.45, 7) is 1.49. The van der Waals surface area contributed by atoms with Crippen LogP contribution in [-0.2, 0) is 6.61 Å². The van der Waals surface area contributed by atoms with E-state index in [1.807, 2.05) is 60.9 Å². The summed E-state index contributed by atoms with van der Waals surface area (Å²) in [6, 6.07) is 20.8. The number of benzene rings is 3. The van der Waals surface area contributed by atoms with Crippen molar-refractivity contribution in [2.24, 2.45) is 0 Å². The lowest BCUT2D eigenvalue weighted by Gasteiger charge is -2.21. The van der Waals surface area contributed by atoms with Gasteiger partial charge in [0.1, 0.15) is 25.6 Å². The molecule has 0 aromatic heterocycles. The molecule has 148 valence electrons. The standard InChI is InChI=1S/C23H21NO4S/c1-29-22-14-21-20(26-11-12-27-21)13-19(22)24-23(25)17-9-7-16(8-10-17)15-28-18-5-3-2-4-6-18/h2-10,13-14H,11-12,15H2,1H3,(H,24,25). The molecule has 1 aliphatic rings. The van der Waals surface area contributed by atoms with Gasteiger partial charge in [-0.25, -0.2) is 0 Å². The van der Waals surface area contributed by atoms with Gasteiger partial charge in [0.15, 0.2) is 11.5 Å². The maximum atomic E-state index is 12.7. The zero-order valence-electron chi connectivity index (χ0n) is 16.0. The molecule has 1 amide bonds. The number of amides is 1. The van der Waals surface area contributed by atoms with Crippen molar-refractivity contribution in [1.82, 2.24) is 0 Å². The van der Waals surface area contributed by atoms with Gasteiger partial charge in [-0.3, -0.25) is 4.79 Å². The fourth-order valence-corrected chi connectivity index (χ4v) is 3.52. The number of para-hydroxylation sites is 1. The number of rotatable bonds is 6. The molecular weight excluding hydrogens is 386 g/mol. The first-order valence-electron chi connectivity index (χ1n) is 9.29. The average molecular weight is 407 g/mol. The van der Waals surface area contributed by atoms with Crippen molar-refractivity contribution in [3.8, 4) is 17.2 Å². The van der Waals surface area contributed by atoms with Crippen molar-refractivity contribution in [3.63, 3.8) is 0 Å². The number of hydrogen-bond acceptors (Lipinski definition) is 5. The second-order valence-electron chi connectivity index (χ2n) is 6.45. The monoisotopic (exact) mass is 407 g/mol. The van der Waals surface area contributed by atoms with Crippen molar-refractivity contribution in [2.45, 2.75) is 11.5 Å². The fourth-order valence-electron chi connectivity index (χ4n) is 2.97. The molecule has 3 aromatic carbocycles. The first kappa shape index (κ1) is 19.2. The van der Waals surface area contributed by atoms with Crippen LogP contribution >= 0.6 is 11.8 Å². The highest BCUT2D eigenvalue weighted by atomic mass is 32.2. The van der Waals surface area contributed by atoms with Gasteiger partial charge >= 0.3 is 0 Å². The van der Waals surface area contributed by atoms with E-state index in [1.54, 1.807) is 23.9 Å². The summed E-state index contributed by atoms with van der Waals surface area (Å²) in [4.78, 5) is 13.6. The van der Waals surface area contributed by atoms with Crippen LogP contribution in [0.15, 0.2) is 71.6 Å². The third-order valence-corrected chi connectivity index (χ3v) is 5.25. The molecule has 0 radical (unpaired) electrons. The Kier molecular flexibility index (Phi) is 5.91. The Bertz CT molecular complexity index is 990. The summed E-state index contributed by atoms with van der Waals surface area (Å²) < 4.78 is 17.0. The number of ether oxygens (including phenoxy) is 3. The summed E-state index contributed by atoms with van der Waals surface area (Å²) in [7, 11) is 0. The lowest BCUT2D eigenvalue weighted by atomic mass is 10.1. The van der Waals surface area contributed by atoms with Crippen LogP contribution in [0, 0.1) is 0 Å². The number of anilines is 1. The molecule has 1 aliphatic heterocycles. The third kappa shape index (κ3) is 4.66. The van der Waals surface area contributed by atoms with E-state index < -0.39 is 0 Å². The van der Waals surface area contributed by atoms with Crippen molar-refractivity contribution in [2.75, 3.05) is 24.8 Å². The number of carbonyl (C=O) groups is 1. The van der Waals surface area contributed by atoms with E-state index in [2.05, 4.69) is 5.32 Å². The first-order chi connectivity index (χ1) is 14.2. The van der Waals surface area contributed by atoms with E-state index in [0.29, 0.717) is 42.6 Å². The Hall–Kier alpha value is -3.12. The average Bonchev–Trinajstić information content (AvgIpc) is 2.78. The molecule has 0 aliphatic carbocycles. The molecule has 3 aromatic rings. The van der Waals surface area contributed by atoms with Gasteiger partial charge in [0.05, 0.1) is 5.69 Å². The minimum Gasteiger partial charge on any atom is -0.489 e. The summed E-state index contributed by atoms with van der Waals surface area (Å²) in [6.07, 6.45) is 1.96. The number of hydrogen-bond donors (Lipinski definition) is 1. The highest BCUT2D eigenvalue weighted by Crippen LogP contribution is 2.39. The normalized spacial score (nSPS) is 12.3. The van der Waals surface area contributed by atoms with Crippen molar-refractivity contribution < 1.29 is 19.0 Å². The van der Waals surface area contributed by atoms with E-state index in [-0.39, 0.29) is 5.91 Å². The second kappa shape index (κ2) is 8.92. The SMILES string of the molecule is CSc1cc2c(cc1NC(=O)c1ccc(COc3ccccc3)cc1)OCCO2. The van der Waals surface area contributed by atoms with Gasteiger partial charge in [-0.15, -0.1) is 11.8 Å². The van der Waals surface area contributed by atoms with Crippen molar-refractivity contribution >= 4 is 23.4 Å². The summed E-state index contributed by atoms with van der Waals surface area (Å²) in [5.74, 6) is 2.00. The molecule has 6 heteroatoms. The predicted octanol–water partition coefficient (Wildman–Crippen LogP) is 5.01. The molecule has 0 bridgehead atoms. The van der Waals surface area contributed by atoms with E-state index in [9.17, 15) is 4.79 Å². The number of nitrogens with one attached hydrogen (secondary N) is 1. The van der Waals surface area contributed by atoms with Gasteiger partial charge in [0.2, 0.25) is 0 Å². The molecule has 29 heavy (non-hydrogen) atoms. The molecule has 0 unspecified atom stereocenters. The van der Waals surface area contributed by atoms with Gasteiger partial charge in [-0.05, 0) is 42.2 Å². The molecule has 0 atom stereocenters. The first-order valence-corrected chi connectivity index (χ1v) is 10.5. The Balaban J connectivity index is 1.43. The molecule has 5 nitrogen and oxygen atoms in total. The van der Waals surface area contributed by atoms with Gasteiger partial charge in [0, 0.05) is 16.5 Å². The van der Waals surface area contributed by atoms with Crippen LogP contribution in [0.5, 0.6) is 17.2 Å². The summed E-state index contributed by atoms with van der Waals surface area (Å²) in [5, 5.41) is 2.98. The summed E-state index contributed by atoms with van der Waals surface area (Å²) in [5.41, 5.74) is 2.29. The Morgan fingerprint density at radius 2 is 1.69 bits per heavy atom. The van der Waals surface area contributed by atoms with Crippen LogP contribution in [0.25, 0.3) is 0 Å². The maximum absolute atomic E-state index is 12.7. The lowest BCUT2D eigenvalue weighted by molar-refractivity contribution is 0.102. The van der Waals surface area contributed by atoms with Crippen molar-refractivity contribution in [3.05, 3.63) is 77.9 Å². The van der Waals surface area contributed by atoms with E-state index >= 15 is 0 Å². The molecule has 0 fully saturated rings. The predicted molar refractivity (Wildman–Crippen MR) is 114 cm³/mol. The Morgan fingerprint density at radius 3 is 2.38 bits per heavy atom. The van der Waals surface area contributed by atoms with Crippen LogP contribution in [0.1, 0.15) is 15.9 Å². The zero-order valence-corrected chi connectivity index (χ0v) is 16.8. The van der Waals surface area contributed by atoms with Gasteiger partial charge in [0.25, 0.3) is 5.91 Å². The van der Waals surface area contributed by atoms with Crippen LogP contribution in [-0.4, -0.2) is 25.4 Å². The molecular formula is C23H21NO4S. The van der Waals surface area contributed by atoms with E-state index in [0.717, 1.165) is 16.2 Å². The van der Waals surface area contributed by atoms with Gasteiger partial charge < -0.3 is 19.5 Å². The minimum absolute atomic E-state index is 0.174. The third-order valence-electron chi connectivity index (χ3n) is 4.48. The smallest absolute Gasteiger partial charge is 0.255 e. The highest BCUT2D eigenvalue weighted by Gasteiger charge is 2.17. The van der Waals surface area contributed by atoms with E-state index in [4.69, 9.17) is 14.2 Å². The fraction of sp³-hybridized carbons (Fsp3) is 0.174. The maximum Gasteiger partial charge on any atom is 0.255 e. The zero-order chi connectivity index (χ0) is 20.1. The van der Waals surface area contributed by atoms with E-state index in [1.165, 1.54) is 0 Å². The quantitative estimate of drug-likeness (QED) is 0.582. The minimum atomic E-state index is -0.174. The highest BCUT2D eigenvalue weighted by molar-refractivity contribution is 7.98. The lowest BCUT2D eigenvalue weighted by Crippen LogP contribution is -2.17. The largest absolute Gasteiger partial charge is 0.489 e. The molecule has 1 N–H and O–H groups in total. The van der Waals surface area contributed by atoms with Crippen LogP contribution in [0.4, 0.5) is 5.69 Å². The van der Waals surface area contributed by atoms with Gasteiger partial charge in [-0.1, -0.05) is 30.3 Å². The number of thioether (sulfide) groups is 1. The number of carbonyl (C=O) groups excluding carboxylic acids is 1. The van der Waals surface area contributed by atoms with Crippen LogP contribution < -0.4 is 19.5 Å². The molecule has 4 rings (SSSR count). The van der Waals surface area contributed by atoms with Crippen LogP contribution in [0.2, 0.25) is 0 Å². The Labute approximate surface area is 174 Å². The second-order valence-corrected chi connectivity index (χ2v) is 7.30. The van der Waals surface area contributed by atoms with Gasteiger partial charge in [-0.2, -0.15) is 0 Å². The Morgan fingerprint density at radius 1 is 1.00 bits per heavy atom. The topological polar surface area (TPSA) is 56.8 Å². The molecule has 0 saturated heterocycles. The molecule has 1 heterocycles. The van der Waals surface area contributed by atoms with Crippen molar-refractivity contribution in [1.29, 1.82) is 0 Å². The summed E-state index contributed by atoms with van der Waals surface area (Å²) >= 11 is 1.55. The molecule has 0 spiro atoms. The number of fused-ring (bicyclic) bond motifs is 1. The van der Waals surface area contributed by atoms with Crippen LogP contribution in [0.3, 0.4) is 0 Å². The molecule has 0 saturated carbocycles.